The fourth-order valence-electron chi connectivity index (χ4n) is 2.78. The first kappa shape index (κ1) is 22.2. The predicted molar refractivity (Wildman–Crippen MR) is 123 cm³/mol. The van der Waals surface area contributed by atoms with E-state index in [4.69, 9.17) is 14.2 Å². The molecular weight excluding hydrogens is 414 g/mol. The standard InChI is InChI=1S/C24H25NO5S/c1-18-4-9-21(10-5-18)25-31(26,27)15-14-19-8-13-23(24(16-19)29-3)30-17-20-6-11-22(28-2)12-7-20/h4-16,25H,17H2,1-3H3. The molecule has 0 aliphatic heterocycles. The third-order valence-corrected chi connectivity index (χ3v) is 5.51. The summed E-state index contributed by atoms with van der Waals surface area (Å²) in [5.74, 6) is 1.86. The van der Waals surface area contributed by atoms with Crippen molar-refractivity contribution in [3.8, 4) is 17.2 Å². The number of sulfonamides is 1. The molecule has 0 atom stereocenters. The van der Waals surface area contributed by atoms with Gasteiger partial charge in [-0.2, -0.15) is 0 Å². The van der Waals surface area contributed by atoms with Crippen LogP contribution in [0.25, 0.3) is 6.08 Å². The third kappa shape index (κ3) is 6.52. The van der Waals surface area contributed by atoms with E-state index < -0.39 is 10.0 Å². The van der Waals surface area contributed by atoms with Gasteiger partial charge in [0.1, 0.15) is 12.4 Å². The smallest absolute Gasteiger partial charge is 0.255 e. The van der Waals surface area contributed by atoms with E-state index >= 15 is 0 Å². The van der Waals surface area contributed by atoms with Crippen molar-refractivity contribution in [1.29, 1.82) is 0 Å². The highest BCUT2D eigenvalue weighted by Crippen LogP contribution is 2.29. The van der Waals surface area contributed by atoms with Gasteiger partial charge in [-0.3, -0.25) is 4.72 Å². The molecule has 0 spiro atoms. The molecular formula is C24H25NO5S. The lowest BCUT2D eigenvalue weighted by molar-refractivity contribution is 0.284. The monoisotopic (exact) mass is 439 g/mol. The van der Waals surface area contributed by atoms with Crippen molar-refractivity contribution < 1.29 is 22.6 Å². The van der Waals surface area contributed by atoms with Gasteiger partial charge in [0, 0.05) is 5.69 Å². The van der Waals surface area contributed by atoms with Gasteiger partial charge in [0.25, 0.3) is 10.0 Å². The van der Waals surface area contributed by atoms with Crippen LogP contribution in [0, 0.1) is 6.92 Å². The van der Waals surface area contributed by atoms with Gasteiger partial charge in [-0.1, -0.05) is 35.9 Å². The normalized spacial score (nSPS) is 11.3. The molecule has 0 bridgehead atoms. The molecule has 7 heteroatoms. The van der Waals surface area contributed by atoms with Crippen LogP contribution in [-0.2, 0) is 16.6 Å². The van der Waals surface area contributed by atoms with Crippen LogP contribution in [0.5, 0.6) is 17.2 Å². The summed E-state index contributed by atoms with van der Waals surface area (Å²) in [4.78, 5) is 0. The second-order valence-corrected chi connectivity index (χ2v) is 8.43. The first-order valence-corrected chi connectivity index (χ1v) is 11.1. The van der Waals surface area contributed by atoms with Crippen molar-refractivity contribution in [2.45, 2.75) is 13.5 Å². The Kier molecular flexibility index (Phi) is 7.20. The Hall–Kier alpha value is -3.45. The molecule has 0 unspecified atom stereocenters. The summed E-state index contributed by atoms with van der Waals surface area (Å²) < 4.78 is 43.6. The maximum Gasteiger partial charge on any atom is 0.255 e. The number of hydrogen-bond donors (Lipinski definition) is 1. The van der Waals surface area contributed by atoms with Crippen LogP contribution in [0.15, 0.2) is 72.1 Å². The highest BCUT2D eigenvalue weighted by molar-refractivity contribution is 7.95. The Bertz CT molecular complexity index is 1140. The van der Waals surface area contributed by atoms with E-state index in [1.807, 2.05) is 43.3 Å². The van der Waals surface area contributed by atoms with Gasteiger partial charge in [0.05, 0.1) is 19.6 Å². The molecule has 1 N–H and O–H groups in total. The largest absolute Gasteiger partial charge is 0.497 e. The molecule has 3 aromatic rings. The lowest BCUT2D eigenvalue weighted by Crippen LogP contribution is -2.08. The van der Waals surface area contributed by atoms with Crippen LogP contribution >= 0.6 is 0 Å². The fraction of sp³-hybridized carbons (Fsp3) is 0.167. The first-order chi connectivity index (χ1) is 14.9. The molecule has 0 saturated carbocycles. The molecule has 0 aliphatic carbocycles. The van der Waals surface area contributed by atoms with E-state index in [9.17, 15) is 8.42 Å². The number of benzene rings is 3. The molecule has 0 amide bonds. The lowest BCUT2D eigenvalue weighted by atomic mass is 10.2. The van der Waals surface area contributed by atoms with Crippen LogP contribution in [0.2, 0.25) is 0 Å². The van der Waals surface area contributed by atoms with E-state index in [2.05, 4.69) is 4.72 Å². The Morgan fingerprint density at radius 2 is 1.58 bits per heavy atom. The number of hydrogen-bond acceptors (Lipinski definition) is 5. The molecule has 0 aliphatic rings. The molecule has 6 nitrogen and oxygen atoms in total. The van der Waals surface area contributed by atoms with Gasteiger partial charge in [-0.15, -0.1) is 0 Å². The van der Waals surface area contributed by atoms with E-state index in [0.717, 1.165) is 22.3 Å². The van der Waals surface area contributed by atoms with E-state index in [1.165, 1.54) is 6.08 Å². The van der Waals surface area contributed by atoms with Gasteiger partial charge in [-0.25, -0.2) is 8.42 Å². The first-order valence-electron chi connectivity index (χ1n) is 9.60. The summed E-state index contributed by atoms with van der Waals surface area (Å²) in [5.41, 5.74) is 3.22. The molecule has 31 heavy (non-hydrogen) atoms. The SMILES string of the molecule is COc1ccc(COc2ccc(C=CS(=O)(=O)Nc3ccc(C)cc3)cc2OC)cc1. The van der Waals surface area contributed by atoms with Crippen molar-refractivity contribution in [3.05, 3.63) is 88.8 Å². The minimum atomic E-state index is -3.64. The number of anilines is 1. The minimum absolute atomic E-state index is 0.365. The van der Waals surface area contributed by atoms with Crippen LogP contribution < -0.4 is 18.9 Å². The number of methoxy groups -OCH3 is 2. The Morgan fingerprint density at radius 3 is 2.23 bits per heavy atom. The summed E-state index contributed by atoms with van der Waals surface area (Å²) in [5, 5.41) is 1.12. The average molecular weight is 440 g/mol. The Balaban J connectivity index is 1.67. The zero-order valence-corrected chi connectivity index (χ0v) is 18.5. The predicted octanol–water partition coefficient (Wildman–Crippen LogP) is 5.00. The molecule has 3 rings (SSSR count). The minimum Gasteiger partial charge on any atom is -0.497 e. The highest BCUT2D eigenvalue weighted by atomic mass is 32.2. The van der Waals surface area contributed by atoms with Crippen molar-refractivity contribution in [3.63, 3.8) is 0 Å². The van der Waals surface area contributed by atoms with Gasteiger partial charge in [0.15, 0.2) is 11.5 Å². The molecule has 0 heterocycles. The number of rotatable bonds is 9. The summed E-state index contributed by atoms with van der Waals surface area (Å²) in [6.45, 7) is 2.31. The van der Waals surface area contributed by atoms with Gasteiger partial charge in [-0.05, 0) is 60.5 Å². The van der Waals surface area contributed by atoms with Gasteiger partial charge < -0.3 is 14.2 Å². The number of ether oxygens (including phenoxy) is 3. The van der Waals surface area contributed by atoms with Crippen molar-refractivity contribution >= 4 is 21.8 Å². The second-order valence-electron chi connectivity index (χ2n) is 6.86. The van der Waals surface area contributed by atoms with Crippen LogP contribution in [0.3, 0.4) is 0 Å². The average Bonchev–Trinajstić information content (AvgIpc) is 2.78. The van der Waals surface area contributed by atoms with Crippen molar-refractivity contribution in [2.75, 3.05) is 18.9 Å². The summed E-state index contributed by atoms with van der Waals surface area (Å²) in [7, 11) is -0.479. The van der Waals surface area contributed by atoms with Crippen molar-refractivity contribution in [2.24, 2.45) is 0 Å². The molecule has 3 aromatic carbocycles. The van der Waals surface area contributed by atoms with Crippen molar-refractivity contribution in [1.82, 2.24) is 0 Å². The topological polar surface area (TPSA) is 73.9 Å². The molecule has 0 saturated heterocycles. The second kappa shape index (κ2) is 10.0. The quantitative estimate of drug-likeness (QED) is 0.508. The number of aryl methyl sites for hydroxylation is 1. The van der Waals surface area contributed by atoms with E-state index in [0.29, 0.717) is 29.4 Å². The zero-order chi connectivity index (χ0) is 22.3. The van der Waals surface area contributed by atoms with E-state index in [1.54, 1.807) is 44.6 Å². The lowest BCUT2D eigenvalue weighted by Gasteiger charge is -2.12. The third-order valence-electron chi connectivity index (χ3n) is 4.49. The molecule has 162 valence electrons. The zero-order valence-electron chi connectivity index (χ0n) is 17.7. The van der Waals surface area contributed by atoms with E-state index in [-0.39, 0.29) is 0 Å². The molecule has 0 aromatic heterocycles. The molecule has 0 radical (unpaired) electrons. The fourth-order valence-corrected chi connectivity index (χ4v) is 3.65. The Labute approximate surface area is 183 Å². The summed E-state index contributed by atoms with van der Waals surface area (Å²) >= 11 is 0. The molecule has 0 fully saturated rings. The highest BCUT2D eigenvalue weighted by Gasteiger charge is 2.08. The van der Waals surface area contributed by atoms with Crippen LogP contribution in [-0.4, -0.2) is 22.6 Å². The maximum absolute atomic E-state index is 12.3. The van der Waals surface area contributed by atoms with Crippen LogP contribution in [0.1, 0.15) is 16.7 Å². The Morgan fingerprint density at radius 1 is 0.871 bits per heavy atom. The summed E-state index contributed by atoms with van der Waals surface area (Å²) in [6, 6.07) is 20.0. The maximum atomic E-state index is 12.3. The van der Waals surface area contributed by atoms with Crippen LogP contribution in [0.4, 0.5) is 5.69 Å². The summed E-state index contributed by atoms with van der Waals surface area (Å²) in [6.07, 6.45) is 1.51. The van der Waals surface area contributed by atoms with Gasteiger partial charge >= 0.3 is 0 Å². The number of nitrogens with one attached hydrogen (secondary N) is 1. The van der Waals surface area contributed by atoms with Gasteiger partial charge in [0.2, 0.25) is 0 Å².